The molecule has 0 aliphatic heterocycles. The normalized spacial score (nSPS) is 22.4. The third-order valence-corrected chi connectivity index (χ3v) is 3.25. The molecule has 7 nitrogen and oxygen atoms in total. The predicted octanol–water partition coefficient (Wildman–Crippen LogP) is 0.454. The number of carbonyl (C=O) groups is 3. The lowest BCUT2D eigenvalue weighted by atomic mass is 9.86. The fraction of sp³-hybridized carbons (Fsp3) is 0.769. The monoisotopic (exact) mass is 285 g/mol. The Labute approximate surface area is 118 Å². The quantitative estimate of drug-likeness (QED) is 0.587. The smallest absolute Gasteiger partial charge is 0.321 e. The summed E-state index contributed by atoms with van der Waals surface area (Å²) in [6.07, 6.45) is 2.91. The highest BCUT2D eigenvalue weighted by atomic mass is 16.4. The second-order valence-electron chi connectivity index (χ2n) is 5.46. The Balaban J connectivity index is 2.27. The minimum Gasteiger partial charge on any atom is -0.481 e. The maximum Gasteiger partial charge on any atom is 0.321 e. The van der Waals surface area contributed by atoms with Gasteiger partial charge in [-0.25, -0.2) is 4.79 Å². The number of nitrogens with one attached hydrogen (secondary N) is 3. The van der Waals surface area contributed by atoms with E-state index in [0.29, 0.717) is 12.8 Å². The van der Waals surface area contributed by atoms with Crippen LogP contribution in [-0.2, 0) is 9.59 Å². The zero-order chi connectivity index (χ0) is 15.1. The van der Waals surface area contributed by atoms with E-state index in [1.54, 1.807) is 13.8 Å². The third-order valence-electron chi connectivity index (χ3n) is 3.25. The first-order chi connectivity index (χ1) is 9.38. The molecule has 2 atom stereocenters. The van der Waals surface area contributed by atoms with Gasteiger partial charge in [0.25, 0.3) is 0 Å². The van der Waals surface area contributed by atoms with Crippen LogP contribution < -0.4 is 16.0 Å². The average Bonchev–Trinajstić information content (AvgIpc) is 2.35. The van der Waals surface area contributed by atoms with Crippen LogP contribution in [0.3, 0.4) is 0 Å². The largest absolute Gasteiger partial charge is 0.481 e. The van der Waals surface area contributed by atoms with Crippen molar-refractivity contribution < 1.29 is 19.5 Å². The van der Waals surface area contributed by atoms with Crippen LogP contribution in [-0.4, -0.2) is 41.6 Å². The number of aliphatic carboxylic acids is 1. The van der Waals surface area contributed by atoms with Crippen molar-refractivity contribution in [2.24, 2.45) is 5.92 Å². The van der Waals surface area contributed by atoms with Gasteiger partial charge in [0.15, 0.2) is 0 Å². The summed E-state index contributed by atoms with van der Waals surface area (Å²) in [6.45, 7) is 3.62. The lowest BCUT2D eigenvalue weighted by molar-refractivity contribution is -0.143. The maximum absolute atomic E-state index is 11.5. The SMILES string of the molecule is CC(C)NC(=O)NC(=O)CNC1CCCC(C(=O)O)C1. The summed E-state index contributed by atoms with van der Waals surface area (Å²) in [5.74, 6) is -1.54. The molecular weight excluding hydrogens is 262 g/mol. The molecule has 4 N–H and O–H groups in total. The number of hydrogen-bond donors (Lipinski definition) is 4. The van der Waals surface area contributed by atoms with Crippen LogP contribution in [0.2, 0.25) is 0 Å². The molecule has 1 fully saturated rings. The molecule has 1 saturated carbocycles. The lowest BCUT2D eigenvalue weighted by Crippen LogP contribution is -2.47. The fourth-order valence-electron chi connectivity index (χ4n) is 2.31. The number of hydrogen-bond acceptors (Lipinski definition) is 4. The van der Waals surface area contributed by atoms with Gasteiger partial charge in [-0.1, -0.05) is 6.42 Å². The molecule has 3 amide bonds. The minimum absolute atomic E-state index is 0.0164. The third kappa shape index (κ3) is 6.01. The fourth-order valence-corrected chi connectivity index (χ4v) is 2.31. The molecule has 1 rings (SSSR count). The van der Waals surface area contributed by atoms with Crippen LogP contribution in [0.4, 0.5) is 4.79 Å². The Kier molecular flexibility index (Phi) is 6.44. The number of carboxylic acids is 1. The summed E-state index contributed by atoms with van der Waals surface area (Å²) in [5, 5.41) is 16.8. The molecule has 20 heavy (non-hydrogen) atoms. The Morgan fingerprint density at radius 3 is 2.55 bits per heavy atom. The van der Waals surface area contributed by atoms with E-state index in [-0.39, 0.29) is 24.5 Å². The Morgan fingerprint density at radius 2 is 1.95 bits per heavy atom. The molecule has 0 bridgehead atoms. The number of rotatable bonds is 5. The standard InChI is InChI=1S/C13H23N3O4/c1-8(2)15-13(20)16-11(17)7-14-10-5-3-4-9(6-10)12(18)19/h8-10,14H,3-7H2,1-2H3,(H,18,19)(H2,15,16,17,20). The first-order valence-electron chi connectivity index (χ1n) is 6.95. The van der Waals surface area contributed by atoms with Crippen molar-refractivity contribution in [2.75, 3.05) is 6.54 Å². The highest BCUT2D eigenvalue weighted by Crippen LogP contribution is 2.24. The number of urea groups is 1. The van der Waals surface area contributed by atoms with Gasteiger partial charge >= 0.3 is 12.0 Å². The molecule has 114 valence electrons. The first kappa shape index (κ1) is 16.4. The van der Waals surface area contributed by atoms with E-state index < -0.39 is 17.9 Å². The van der Waals surface area contributed by atoms with Crippen LogP contribution >= 0.6 is 0 Å². The Bertz CT molecular complexity index is 371. The summed E-state index contributed by atoms with van der Waals surface area (Å²) < 4.78 is 0. The van der Waals surface area contributed by atoms with E-state index in [9.17, 15) is 14.4 Å². The minimum atomic E-state index is -0.780. The topological polar surface area (TPSA) is 108 Å². The molecule has 0 aromatic carbocycles. The molecule has 0 aromatic rings. The second kappa shape index (κ2) is 7.84. The van der Waals surface area contributed by atoms with Crippen LogP contribution in [0.1, 0.15) is 39.5 Å². The number of carboxylic acid groups (broad SMARTS) is 1. The van der Waals surface area contributed by atoms with Gasteiger partial charge in [-0.2, -0.15) is 0 Å². The van der Waals surface area contributed by atoms with E-state index in [4.69, 9.17) is 5.11 Å². The molecule has 0 heterocycles. The highest BCUT2D eigenvalue weighted by molar-refractivity contribution is 5.95. The van der Waals surface area contributed by atoms with Gasteiger partial charge in [-0.3, -0.25) is 14.9 Å². The van der Waals surface area contributed by atoms with Crippen molar-refractivity contribution in [1.82, 2.24) is 16.0 Å². The van der Waals surface area contributed by atoms with Gasteiger partial charge in [-0.05, 0) is 33.1 Å². The van der Waals surface area contributed by atoms with Crippen LogP contribution in [0.15, 0.2) is 0 Å². The molecule has 2 unspecified atom stereocenters. The van der Waals surface area contributed by atoms with E-state index >= 15 is 0 Å². The molecular formula is C13H23N3O4. The van der Waals surface area contributed by atoms with Crippen LogP contribution in [0.5, 0.6) is 0 Å². The number of amides is 3. The van der Waals surface area contributed by atoms with Gasteiger partial charge in [-0.15, -0.1) is 0 Å². The number of carbonyl (C=O) groups excluding carboxylic acids is 2. The van der Waals surface area contributed by atoms with Crippen LogP contribution in [0, 0.1) is 5.92 Å². The van der Waals surface area contributed by atoms with Gasteiger partial charge < -0.3 is 15.7 Å². The summed E-state index contributed by atoms with van der Waals surface area (Å²) >= 11 is 0. The van der Waals surface area contributed by atoms with Crippen molar-refractivity contribution in [2.45, 2.75) is 51.6 Å². The average molecular weight is 285 g/mol. The van der Waals surface area contributed by atoms with Crippen molar-refractivity contribution in [3.8, 4) is 0 Å². The van der Waals surface area contributed by atoms with Gasteiger partial charge in [0, 0.05) is 12.1 Å². The van der Waals surface area contributed by atoms with E-state index in [0.717, 1.165) is 12.8 Å². The Morgan fingerprint density at radius 1 is 1.25 bits per heavy atom. The molecule has 0 radical (unpaired) electrons. The van der Waals surface area contributed by atoms with E-state index in [1.807, 2.05) is 0 Å². The maximum atomic E-state index is 11.5. The summed E-state index contributed by atoms with van der Waals surface area (Å²) in [6, 6.07) is -0.534. The van der Waals surface area contributed by atoms with Gasteiger partial charge in [0.1, 0.15) is 0 Å². The zero-order valence-corrected chi connectivity index (χ0v) is 11.9. The molecule has 1 aliphatic carbocycles. The number of imide groups is 1. The van der Waals surface area contributed by atoms with Gasteiger partial charge in [0.05, 0.1) is 12.5 Å². The molecule has 1 aliphatic rings. The first-order valence-corrected chi connectivity index (χ1v) is 6.95. The lowest BCUT2D eigenvalue weighted by Gasteiger charge is -2.27. The van der Waals surface area contributed by atoms with E-state index in [2.05, 4.69) is 16.0 Å². The Hall–Kier alpha value is -1.63. The predicted molar refractivity (Wildman–Crippen MR) is 73.2 cm³/mol. The molecule has 0 saturated heterocycles. The van der Waals surface area contributed by atoms with Crippen molar-refractivity contribution in [1.29, 1.82) is 0 Å². The molecule has 0 aromatic heterocycles. The second-order valence-corrected chi connectivity index (χ2v) is 5.46. The zero-order valence-electron chi connectivity index (χ0n) is 11.9. The summed E-state index contributed by atoms with van der Waals surface area (Å²) in [5.41, 5.74) is 0. The molecule has 7 heteroatoms. The van der Waals surface area contributed by atoms with Crippen LogP contribution in [0.25, 0.3) is 0 Å². The highest BCUT2D eigenvalue weighted by Gasteiger charge is 2.26. The van der Waals surface area contributed by atoms with Gasteiger partial charge in [0.2, 0.25) is 5.91 Å². The summed E-state index contributed by atoms with van der Waals surface area (Å²) in [4.78, 5) is 33.8. The van der Waals surface area contributed by atoms with Crippen molar-refractivity contribution >= 4 is 17.9 Å². The van der Waals surface area contributed by atoms with E-state index in [1.165, 1.54) is 0 Å². The molecule has 0 spiro atoms. The van der Waals surface area contributed by atoms with Crippen molar-refractivity contribution in [3.63, 3.8) is 0 Å². The summed E-state index contributed by atoms with van der Waals surface area (Å²) in [7, 11) is 0. The van der Waals surface area contributed by atoms with Crippen molar-refractivity contribution in [3.05, 3.63) is 0 Å².